The van der Waals surface area contributed by atoms with Gasteiger partial charge in [0.15, 0.2) is 0 Å². The summed E-state index contributed by atoms with van der Waals surface area (Å²) >= 11 is 0. The Hall–Kier alpha value is -0.00104. The minimum Gasteiger partial charge on any atom is -0.273 e. The maximum atomic E-state index is 2.99. The van der Waals surface area contributed by atoms with Crippen LogP contribution in [0, 0.1) is 12.2 Å². The van der Waals surface area contributed by atoms with E-state index in [1.807, 2.05) is 24.3 Å². The Morgan fingerprint density at radius 3 is 1.23 bits per heavy atom. The standard InChI is InChI=1S/2C5H5.CH4.2Fe/c2*1-2-4-5-3-1;;;/h2*1-3H,4H2;1H4;;/q2*-1;;;. The minimum atomic E-state index is 0. The van der Waals surface area contributed by atoms with Gasteiger partial charge in [-0.2, -0.15) is 12.2 Å². The van der Waals surface area contributed by atoms with Crippen molar-refractivity contribution < 1.29 is 34.1 Å². The quantitative estimate of drug-likeness (QED) is 0.462. The molecule has 0 aromatic rings. The second-order valence-electron chi connectivity index (χ2n) is 2.01. The van der Waals surface area contributed by atoms with Gasteiger partial charge in [-0.15, -0.1) is 12.8 Å². The van der Waals surface area contributed by atoms with E-state index in [4.69, 9.17) is 0 Å². The first-order valence-electron chi connectivity index (χ1n) is 3.43. The van der Waals surface area contributed by atoms with Crippen molar-refractivity contribution in [2.75, 3.05) is 0 Å². The molecule has 0 N–H and O–H groups in total. The van der Waals surface area contributed by atoms with Gasteiger partial charge < -0.3 is 0 Å². The van der Waals surface area contributed by atoms with Crippen LogP contribution in [0.5, 0.6) is 0 Å². The van der Waals surface area contributed by atoms with Crippen LogP contribution in [0.25, 0.3) is 0 Å². The van der Waals surface area contributed by atoms with Crippen molar-refractivity contribution in [2.45, 2.75) is 20.3 Å². The summed E-state index contributed by atoms with van der Waals surface area (Å²) in [5.74, 6) is 0. The molecular formula is C11H14Fe2-2. The molecule has 76 valence electrons. The largest absolute Gasteiger partial charge is 0.273 e. The van der Waals surface area contributed by atoms with E-state index in [0.717, 1.165) is 12.8 Å². The first-order chi connectivity index (χ1) is 5.00. The molecule has 0 bridgehead atoms. The van der Waals surface area contributed by atoms with Gasteiger partial charge in [0.2, 0.25) is 0 Å². The van der Waals surface area contributed by atoms with Gasteiger partial charge in [-0.05, 0) is 0 Å². The van der Waals surface area contributed by atoms with E-state index in [1.54, 1.807) is 0 Å². The molecule has 2 rings (SSSR count). The van der Waals surface area contributed by atoms with Crippen molar-refractivity contribution in [1.82, 2.24) is 0 Å². The maximum Gasteiger partial charge on any atom is 0 e. The molecule has 0 radical (unpaired) electrons. The molecule has 0 atom stereocenters. The van der Waals surface area contributed by atoms with E-state index >= 15 is 0 Å². The molecule has 0 spiro atoms. The van der Waals surface area contributed by atoms with Gasteiger partial charge >= 0.3 is 0 Å². The molecule has 0 aromatic carbocycles. The molecule has 0 fully saturated rings. The predicted molar refractivity (Wildman–Crippen MR) is 49.9 cm³/mol. The van der Waals surface area contributed by atoms with Crippen LogP contribution < -0.4 is 0 Å². The zero-order valence-electron chi connectivity index (χ0n) is 6.59. The fraction of sp³-hybridized carbons (Fsp3) is 0.273. The van der Waals surface area contributed by atoms with E-state index in [9.17, 15) is 0 Å². The monoisotopic (exact) mass is 258 g/mol. The van der Waals surface area contributed by atoms with E-state index in [2.05, 4.69) is 24.3 Å². The van der Waals surface area contributed by atoms with Gasteiger partial charge in [-0.3, -0.25) is 12.2 Å². The average molecular weight is 258 g/mol. The molecule has 0 aliphatic heterocycles. The number of hydrogen-bond acceptors (Lipinski definition) is 0. The molecule has 2 aliphatic carbocycles. The van der Waals surface area contributed by atoms with Gasteiger partial charge in [0.1, 0.15) is 0 Å². The van der Waals surface area contributed by atoms with Crippen LogP contribution in [0.4, 0.5) is 0 Å². The fourth-order valence-electron chi connectivity index (χ4n) is 0.680. The smallest absolute Gasteiger partial charge is 0 e. The Balaban J connectivity index is -0.000000125. The molecule has 0 amide bonds. The summed E-state index contributed by atoms with van der Waals surface area (Å²) < 4.78 is 0. The maximum absolute atomic E-state index is 2.99. The fourth-order valence-corrected chi connectivity index (χ4v) is 0.680. The van der Waals surface area contributed by atoms with Crippen molar-refractivity contribution in [2.24, 2.45) is 0 Å². The van der Waals surface area contributed by atoms with Crippen molar-refractivity contribution in [1.29, 1.82) is 0 Å². The van der Waals surface area contributed by atoms with Gasteiger partial charge in [-0.25, -0.2) is 24.3 Å². The summed E-state index contributed by atoms with van der Waals surface area (Å²) in [6.07, 6.45) is 20.0. The molecule has 0 nitrogen and oxygen atoms in total. The third-order valence-corrected chi connectivity index (χ3v) is 1.17. The molecule has 0 heterocycles. The number of allylic oxidation sites excluding steroid dienone is 8. The summed E-state index contributed by atoms with van der Waals surface area (Å²) in [6.45, 7) is 0. The summed E-state index contributed by atoms with van der Waals surface area (Å²) in [5.41, 5.74) is 0. The summed E-state index contributed by atoms with van der Waals surface area (Å²) in [7, 11) is 0. The number of hydrogen-bond donors (Lipinski definition) is 0. The molecule has 0 unspecified atom stereocenters. The topological polar surface area (TPSA) is 0 Å². The normalized spacial score (nSPS) is 13.5. The summed E-state index contributed by atoms with van der Waals surface area (Å²) in [5, 5.41) is 0. The first kappa shape index (κ1) is 18.7. The Morgan fingerprint density at radius 1 is 0.769 bits per heavy atom. The second-order valence-corrected chi connectivity index (χ2v) is 2.01. The van der Waals surface area contributed by atoms with Crippen LogP contribution >= 0.6 is 0 Å². The van der Waals surface area contributed by atoms with Crippen molar-refractivity contribution in [3.8, 4) is 0 Å². The second kappa shape index (κ2) is 14.5. The molecular weight excluding hydrogens is 244 g/mol. The Bertz CT molecular complexity index is 146. The zero-order chi connectivity index (χ0) is 7.07. The molecule has 13 heavy (non-hydrogen) atoms. The van der Waals surface area contributed by atoms with Crippen molar-refractivity contribution in [3.05, 3.63) is 48.6 Å². The predicted octanol–water partition coefficient (Wildman–Crippen LogP) is 3.24. The number of rotatable bonds is 0. The average Bonchev–Trinajstić information content (AvgIpc) is 2.67. The van der Waals surface area contributed by atoms with Gasteiger partial charge in [0.05, 0.1) is 0 Å². The molecule has 2 heteroatoms. The van der Waals surface area contributed by atoms with Gasteiger partial charge in [0, 0.05) is 34.1 Å². The van der Waals surface area contributed by atoms with E-state index < -0.39 is 0 Å². The van der Waals surface area contributed by atoms with Crippen LogP contribution in [-0.2, 0) is 34.1 Å². The zero-order valence-corrected chi connectivity index (χ0v) is 8.79. The van der Waals surface area contributed by atoms with E-state index in [0.29, 0.717) is 0 Å². The van der Waals surface area contributed by atoms with E-state index in [1.165, 1.54) is 0 Å². The molecule has 0 saturated heterocycles. The van der Waals surface area contributed by atoms with Crippen LogP contribution in [0.1, 0.15) is 20.3 Å². The van der Waals surface area contributed by atoms with Crippen LogP contribution in [0.2, 0.25) is 0 Å². The van der Waals surface area contributed by atoms with Gasteiger partial charge in [-0.1, -0.05) is 7.43 Å². The SMILES string of the molecule is C.[C-]1=CC=CC1.[C-]1=CC=CC1.[Fe].[Fe]. The van der Waals surface area contributed by atoms with Crippen LogP contribution in [0.3, 0.4) is 0 Å². The molecule has 2 aliphatic rings. The van der Waals surface area contributed by atoms with E-state index in [-0.39, 0.29) is 41.6 Å². The Labute approximate surface area is 103 Å². The van der Waals surface area contributed by atoms with Crippen molar-refractivity contribution in [3.63, 3.8) is 0 Å². The third-order valence-electron chi connectivity index (χ3n) is 1.17. The van der Waals surface area contributed by atoms with Crippen molar-refractivity contribution >= 4 is 0 Å². The minimum absolute atomic E-state index is 0. The summed E-state index contributed by atoms with van der Waals surface area (Å²) in [6, 6.07) is 0. The Kier molecular flexibility index (Phi) is 20.9. The first-order valence-corrected chi connectivity index (χ1v) is 3.43. The third kappa shape index (κ3) is 12.0. The summed E-state index contributed by atoms with van der Waals surface area (Å²) in [4.78, 5) is 0. The van der Waals surface area contributed by atoms with Crippen LogP contribution in [-0.4, -0.2) is 0 Å². The molecule has 0 aromatic heterocycles. The Morgan fingerprint density at radius 2 is 1.15 bits per heavy atom. The van der Waals surface area contributed by atoms with Crippen LogP contribution in [0.15, 0.2) is 36.5 Å². The molecule has 0 saturated carbocycles. The van der Waals surface area contributed by atoms with Gasteiger partial charge in [0.25, 0.3) is 0 Å².